The molecular weight excluding hydrogens is 356 g/mol. The first-order valence-electron chi connectivity index (χ1n) is 7.70. The highest BCUT2D eigenvalue weighted by molar-refractivity contribution is 8.15. The van der Waals surface area contributed by atoms with Crippen LogP contribution in [0.15, 0.2) is 57.3 Å². The molecule has 9 heteroatoms. The molecule has 134 valence electrons. The van der Waals surface area contributed by atoms with Crippen molar-refractivity contribution in [1.29, 1.82) is 0 Å². The van der Waals surface area contributed by atoms with Gasteiger partial charge in [-0.05, 0) is 36.4 Å². The molecule has 1 saturated heterocycles. The molecule has 0 radical (unpaired) electrons. The van der Waals surface area contributed by atoms with E-state index < -0.39 is 5.25 Å². The maximum absolute atomic E-state index is 12.4. The summed E-state index contributed by atoms with van der Waals surface area (Å²) < 4.78 is 10.2. The van der Waals surface area contributed by atoms with Crippen molar-refractivity contribution in [3.63, 3.8) is 0 Å². The van der Waals surface area contributed by atoms with Crippen LogP contribution < -0.4 is 15.4 Å². The molecule has 2 aromatic rings. The van der Waals surface area contributed by atoms with E-state index in [1.165, 1.54) is 12.5 Å². The van der Waals surface area contributed by atoms with Crippen molar-refractivity contribution >= 4 is 40.6 Å². The molecule has 0 bridgehead atoms. The molecule has 2 N–H and O–H groups in total. The van der Waals surface area contributed by atoms with E-state index in [0.29, 0.717) is 17.2 Å². The number of nitrogens with zero attached hydrogens (tertiary/aromatic N) is 2. The number of thioether (sulfide) groups is 1. The van der Waals surface area contributed by atoms with Crippen LogP contribution in [0.25, 0.3) is 0 Å². The van der Waals surface area contributed by atoms with Gasteiger partial charge in [0.05, 0.1) is 19.6 Å². The van der Waals surface area contributed by atoms with Gasteiger partial charge in [-0.2, -0.15) is 5.10 Å². The lowest BCUT2D eigenvalue weighted by Crippen LogP contribution is -2.41. The molecule has 3 rings (SSSR count). The first kappa shape index (κ1) is 17.7. The number of amides is 2. The summed E-state index contributed by atoms with van der Waals surface area (Å²) in [4.78, 5) is 24.3. The highest BCUT2D eigenvalue weighted by Gasteiger charge is 2.30. The van der Waals surface area contributed by atoms with Gasteiger partial charge in [-0.1, -0.05) is 11.8 Å². The van der Waals surface area contributed by atoms with Crippen LogP contribution in [-0.2, 0) is 9.59 Å². The Hall–Kier alpha value is -3.07. The molecule has 0 saturated carbocycles. The van der Waals surface area contributed by atoms with Gasteiger partial charge in [0.25, 0.3) is 0 Å². The van der Waals surface area contributed by atoms with Crippen molar-refractivity contribution in [2.45, 2.75) is 11.7 Å². The van der Waals surface area contributed by atoms with Crippen LogP contribution in [0.2, 0.25) is 0 Å². The Balaban J connectivity index is 1.63. The highest BCUT2D eigenvalue weighted by atomic mass is 32.2. The molecule has 1 aliphatic heterocycles. The van der Waals surface area contributed by atoms with Gasteiger partial charge in [0, 0.05) is 12.1 Å². The molecule has 26 heavy (non-hydrogen) atoms. The van der Waals surface area contributed by atoms with Crippen LogP contribution in [0.5, 0.6) is 5.75 Å². The fraction of sp³-hybridized carbons (Fsp3) is 0.176. The van der Waals surface area contributed by atoms with Gasteiger partial charge in [0.2, 0.25) is 11.8 Å². The summed E-state index contributed by atoms with van der Waals surface area (Å²) in [6.45, 7) is 0. The molecule has 1 aliphatic rings. The van der Waals surface area contributed by atoms with E-state index in [1.54, 1.807) is 43.5 Å². The van der Waals surface area contributed by atoms with Crippen molar-refractivity contribution in [3.05, 3.63) is 48.4 Å². The smallest absolute Gasteiger partial charge is 0.238 e. The van der Waals surface area contributed by atoms with Gasteiger partial charge < -0.3 is 19.8 Å². The van der Waals surface area contributed by atoms with Crippen LogP contribution >= 0.6 is 11.8 Å². The van der Waals surface area contributed by atoms with Gasteiger partial charge in [0.15, 0.2) is 5.17 Å². The van der Waals surface area contributed by atoms with Gasteiger partial charge in [-0.25, -0.2) is 0 Å². The van der Waals surface area contributed by atoms with Crippen LogP contribution in [0.4, 0.5) is 5.69 Å². The number of furan rings is 1. The van der Waals surface area contributed by atoms with E-state index >= 15 is 0 Å². The second kappa shape index (κ2) is 8.34. The largest absolute Gasteiger partial charge is 0.497 e. The average Bonchev–Trinajstić information content (AvgIpc) is 3.15. The summed E-state index contributed by atoms with van der Waals surface area (Å²) in [6, 6.07) is 10.4. The number of hydrogen-bond donors (Lipinski definition) is 2. The summed E-state index contributed by atoms with van der Waals surface area (Å²) in [5.41, 5.74) is 0.622. The van der Waals surface area contributed by atoms with E-state index in [1.807, 2.05) is 0 Å². The van der Waals surface area contributed by atoms with E-state index in [4.69, 9.17) is 9.15 Å². The summed E-state index contributed by atoms with van der Waals surface area (Å²) in [6.07, 6.45) is 3.00. The minimum atomic E-state index is -0.594. The number of anilines is 1. The topological polar surface area (TPSA) is 105 Å². The number of ether oxygens (including phenoxy) is 1. The fourth-order valence-electron chi connectivity index (χ4n) is 2.14. The number of carbonyl (C=O) groups excluding carboxylic acids is 2. The van der Waals surface area contributed by atoms with E-state index in [0.717, 1.165) is 11.8 Å². The van der Waals surface area contributed by atoms with E-state index in [2.05, 4.69) is 20.8 Å². The Morgan fingerprint density at radius 2 is 2.19 bits per heavy atom. The summed E-state index contributed by atoms with van der Waals surface area (Å²) >= 11 is 1.14. The first-order chi connectivity index (χ1) is 12.6. The molecule has 2 heterocycles. The Bertz CT molecular complexity index is 831. The average molecular weight is 372 g/mol. The normalized spacial score (nSPS) is 18.7. The van der Waals surface area contributed by atoms with Crippen molar-refractivity contribution in [3.8, 4) is 5.75 Å². The molecule has 0 aliphatic carbocycles. The molecule has 8 nitrogen and oxygen atoms in total. The van der Waals surface area contributed by atoms with Gasteiger partial charge in [0.1, 0.15) is 16.8 Å². The van der Waals surface area contributed by atoms with Gasteiger partial charge in [-0.15, -0.1) is 5.10 Å². The molecule has 1 fully saturated rings. The van der Waals surface area contributed by atoms with Crippen LogP contribution in [0.3, 0.4) is 0 Å². The quantitative estimate of drug-likeness (QED) is 0.619. The SMILES string of the molecule is COc1ccc(NC(=O)C2CC(=O)N/C(=N/N=C/c3ccco3)S2)cc1. The summed E-state index contributed by atoms with van der Waals surface area (Å²) in [5, 5.41) is 12.8. The Labute approximate surface area is 153 Å². The van der Waals surface area contributed by atoms with E-state index in [9.17, 15) is 9.59 Å². The molecular formula is C17H16N4O4S. The number of carbonyl (C=O) groups is 2. The van der Waals surface area contributed by atoms with Crippen molar-refractivity contribution in [2.24, 2.45) is 10.2 Å². The molecule has 2 amide bonds. The zero-order chi connectivity index (χ0) is 18.4. The molecule has 1 aromatic carbocycles. The second-order valence-electron chi connectivity index (χ2n) is 5.24. The zero-order valence-electron chi connectivity index (χ0n) is 13.8. The number of hydrogen-bond acceptors (Lipinski definition) is 7. The van der Waals surface area contributed by atoms with Gasteiger partial charge in [-0.3, -0.25) is 9.59 Å². The maximum atomic E-state index is 12.4. The predicted octanol–water partition coefficient (Wildman–Crippen LogP) is 2.24. The van der Waals surface area contributed by atoms with Crippen molar-refractivity contribution in [2.75, 3.05) is 12.4 Å². The predicted molar refractivity (Wildman–Crippen MR) is 99.5 cm³/mol. The van der Waals surface area contributed by atoms with E-state index in [-0.39, 0.29) is 23.4 Å². The minimum absolute atomic E-state index is 0.0631. The third kappa shape index (κ3) is 4.73. The van der Waals surface area contributed by atoms with Crippen LogP contribution in [0.1, 0.15) is 12.2 Å². The standard InChI is InChI=1S/C17H16N4O4S/c1-24-12-6-4-11(5-7-12)19-16(23)14-9-15(22)20-17(26-14)21-18-10-13-3-2-8-25-13/h2-8,10,14H,9H2,1H3,(H,19,23)(H,20,21,22)/b18-10+. The second-order valence-corrected chi connectivity index (χ2v) is 6.43. The van der Waals surface area contributed by atoms with Crippen LogP contribution in [0, 0.1) is 0 Å². The molecule has 1 unspecified atom stereocenters. The Morgan fingerprint density at radius 1 is 1.38 bits per heavy atom. The number of amidine groups is 1. The van der Waals surface area contributed by atoms with Crippen molar-refractivity contribution in [1.82, 2.24) is 5.32 Å². The molecule has 1 aromatic heterocycles. The molecule has 0 spiro atoms. The fourth-order valence-corrected chi connectivity index (χ4v) is 3.08. The Kier molecular flexibility index (Phi) is 5.69. The Morgan fingerprint density at radius 3 is 2.88 bits per heavy atom. The number of rotatable bonds is 5. The van der Waals surface area contributed by atoms with Crippen molar-refractivity contribution < 1.29 is 18.7 Å². The zero-order valence-corrected chi connectivity index (χ0v) is 14.7. The molecule has 1 atom stereocenters. The van der Waals surface area contributed by atoms with Crippen LogP contribution in [-0.4, -0.2) is 35.6 Å². The number of nitrogens with one attached hydrogen (secondary N) is 2. The summed E-state index contributed by atoms with van der Waals surface area (Å²) in [5.74, 6) is 0.664. The third-order valence-corrected chi connectivity index (χ3v) is 4.47. The minimum Gasteiger partial charge on any atom is -0.497 e. The summed E-state index contributed by atoms with van der Waals surface area (Å²) in [7, 11) is 1.57. The lowest BCUT2D eigenvalue weighted by Gasteiger charge is -2.21. The lowest BCUT2D eigenvalue weighted by atomic mass is 10.2. The first-order valence-corrected chi connectivity index (χ1v) is 8.58. The number of methoxy groups -OCH3 is 1. The number of benzene rings is 1. The lowest BCUT2D eigenvalue weighted by molar-refractivity contribution is -0.123. The monoisotopic (exact) mass is 372 g/mol. The highest BCUT2D eigenvalue weighted by Crippen LogP contribution is 2.23. The van der Waals surface area contributed by atoms with Gasteiger partial charge >= 0.3 is 0 Å². The maximum Gasteiger partial charge on any atom is 0.238 e. The third-order valence-electron chi connectivity index (χ3n) is 3.40.